The summed E-state index contributed by atoms with van der Waals surface area (Å²) in [6.07, 6.45) is 6.17. The Morgan fingerprint density at radius 3 is 3.07 bits per heavy atom. The van der Waals surface area contributed by atoms with E-state index in [1.165, 1.54) is 24.6 Å². The van der Waals surface area contributed by atoms with E-state index in [1.807, 2.05) is 6.20 Å². The minimum absolute atomic E-state index is 0.0771. The van der Waals surface area contributed by atoms with Crippen molar-refractivity contribution in [3.63, 3.8) is 0 Å². The summed E-state index contributed by atoms with van der Waals surface area (Å²) in [5.41, 5.74) is 0.416. The Morgan fingerprint density at radius 1 is 1.73 bits per heavy atom. The lowest BCUT2D eigenvalue weighted by molar-refractivity contribution is -0.133. The summed E-state index contributed by atoms with van der Waals surface area (Å²) in [6, 6.07) is 0. The molecule has 1 aliphatic rings. The minimum atomic E-state index is -0.799. The number of rotatable bonds is 5. The Bertz CT molecular complexity index is 371. The second-order valence-electron chi connectivity index (χ2n) is 4.33. The smallest absolute Gasteiger partial charge is 0.313 e. The molecule has 0 atom stereocenters. The zero-order valence-corrected chi connectivity index (χ0v) is 9.46. The molecule has 2 rings (SSSR count). The van der Waals surface area contributed by atoms with Crippen LogP contribution in [-0.2, 0) is 11.3 Å². The second-order valence-corrected chi connectivity index (χ2v) is 5.27. The van der Waals surface area contributed by atoms with E-state index in [4.69, 9.17) is 5.11 Å². The lowest BCUT2D eigenvalue weighted by Crippen LogP contribution is -2.09. The molecule has 1 N–H and O–H groups in total. The molecule has 0 aromatic carbocycles. The van der Waals surface area contributed by atoms with Crippen molar-refractivity contribution in [2.75, 3.05) is 5.75 Å². The van der Waals surface area contributed by atoms with Crippen LogP contribution in [0.2, 0.25) is 0 Å². The molecule has 4 nitrogen and oxygen atoms in total. The molecule has 5 heteroatoms. The summed E-state index contributed by atoms with van der Waals surface area (Å²) < 4.78 is 2.06. The quantitative estimate of drug-likeness (QED) is 0.779. The Labute approximate surface area is 92.7 Å². The molecule has 1 aromatic rings. The molecular weight excluding hydrogens is 212 g/mol. The van der Waals surface area contributed by atoms with E-state index in [2.05, 4.69) is 16.5 Å². The van der Waals surface area contributed by atoms with Gasteiger partial charge in [-0.05, 0) is 18.3 Å². The van der Waals surface area contributed by atoms with Crippen molar-refractivity contribution in [2.24, 2.45) is 5.41 Å². The van der Waals surface area contributed by atoms with Crippen LogP contribution in [0.3, 0.4) is 0 Å². The topological polar surface area (TPSA) is 55.1 Å². The van der Waals surface area contributed by atoms with Crippen LogP contribution in [0.4, 0.5) is 0 Å². The van der Waals surface area contributed by atoms with Gasteiger partial charge in [0.15, 0.2) is 5.16 Å². The van der Waals surface area contributed by atoms with Crippen LogP contribution in [0.1, 0.15) is 19.8 Å². The molecule has 0 aliphatic heterocycles. The second kappa shape index (κ2) is 3.89. The van der Waals surface area contributed by atoms with Gasteiger partial charge < -0.3 is 9.67 Å². The van der Waals surface area contributed by atoms with Gasteiger partial charge in [0.1, 0.15) is 0 Å². The van der Waals surface area contributed by atoms with Crippen LogP contribution in [0.5, 0.6) is 0 Å². The van der Waals surface area contributed by atoms with E-state index in [1.54, 1.807) is 6.20 Å². The van der Waals surface area contributed by atoms with E-state index in [0.717, 1.165) is 11.7 Å². The highest BCUT2D eigenvalue weighted by Crippen LogP contribution is 2.46. The number of aromatic nitrogens is 2. The fourth-order valence-electron chi connectivity index (χ4n) is 1.47. The first-order chi connectivity index (χ1) is 7.09. The molecule has 0 spiro atoms. The van der Waals surface area contributed by atoms with E-state index in [-0.39, 0.29) is 5.75 Å². The van der Waals surface area contributed by atoms with Crippen LogP contribution in [0, 0.1) is 5.41 Å². The van der Waals surface area contributed by atoms with Crippen molar-refractivity contribution in [2.45, 2.75) is 31.5 Å². The third kappa shape index (κ3) is 2.75. The van der Waals surface area contributed by atoms with Crippen molar-refractivity contribution < 1.29 is 9.90 Å². The monoisotopic (exact) mass is 226 g/mol. The maximum Gasteiger partial charge on any atom is 0.313 e. The predicted octanol–water partition coefficient (Wildman–Crippen LogP) is 1.86. The van der Waals surface area contributed by atoms with E-state index < -0.39 is 5.97 Å². The Morgan fingerprint density at radius 2 is 2.47 bits per heavy atom. The first-order valence-electron chi connectivity index (χ1n) is 4.95. The largest absolute Gasteiger partial charge is 0.481 e. The van der Waals surface area contributed by atoms with E-state index in [9.17, 15) is 4.79 Å². The van der Waals surface area contributed by atoms with Crippen LogP contribution in [0.15, 0.2) is 17.6 Å². The summed E-state index contributed by atoms with van der Waals surface area (Å²) in [4.78, 5) is 14.6. The van der Waals surface area contributed by atoms with Gasteiger partial charge in [-0.3, -0.25) is 4.79 Å². The molecule has 0 saturated heterocycles. The standard InChI is InChI=1S/C10H14N2O2S/c1-10(2-3-10)7-12-5-4-11-9(12)15-6-8(13)14/h4-5H,2-3,6-7H2,1H3,(H,13,14). The number of hydrogen-bond donors (Lipinski definition) is 1. The summed E-state index contributed by atoms with van der Waals surface area (Å²) in [6.45, 7) is 3.20. The number of carboxylic acids is 1. The fraction of sp³-hybridized carbons (Fsp3) is 0.600. The van der Waals surface area contributed by atoms with Gasteiger partial charge >= 0.3 is 5.97 Å². The average molecular weight is 226 g/mol. The first-order valence-corrected chi connectivity index (χ1v) is 5.93. The van der Waals surface area contributed by atoms with Gasteiger partial charge in [0.2, 0.25) is 0 Å². The fourth-order valence-corrected chi connectivity index (χ4v) is 2.14. The average Bonchev–Trinajstić information content (AvgIpc) is 2.74. The highest BCUT2D eigenvalue weighted by atomic mass is 32.2. The van der Waals surface area contributed by atoms with Gasteiger partial charge in [-0.1, -0.05) is 18.7 Å². The van der Waals surface area contributed by atoms with Gasteiger partial charge in [0.25, 0.3) is 0 Å². The number of nitrogens with zero attached hydrogens (tertiary/aromatic N) is 2. The highest BCUT2D eigenvalue weighted by molar-refractivity contribution is 7.99. The van der Waals surface area contributed by atoms with Crippen molar-refractivity contribution in [1.82, 2.24) is 9.55 Å². The number of hydrogen-bond acceptors (Lipinski definition) is 3. The number of imidazole rings is 1. The number of aliphatic carboxylic acids is 1. The number of carbonyl (C=O) groups is 1. The van der Waals surface area contributed by atoms with Crippen molar-refractivity contribution >= 4 is 17.7 Å². The molecule has 82 valence electrons. The van der Waals surface area contributed by atoms with Crippen LogP contribution < -0.4 is 0 Å². The van der Waals surface area contributed by atoms with Crippen molar-refractivity contribution in [3.8, 4) is 0 Å². The zero-order valence-electron chi connectivity index (χ0n) is 8.64. The molecule has 1 fully saturated rings. The molecule has 0 radical (unpaired) electrons. The van der Waals surface area contributed by atoms with Crippen LogP contribution in [-0.4, -0.2) is 26.4 Å². The lowest BCUT2D eigenvalue weighted by atomic mass is 10.1. The Hall–Kier alpha value is -0.970. The molecule has 0 bridgehead atoms. The summed E-state index contributed by atoms with van der Waals surface area (Å²) in [7, 11) is 0. The van der Waals surface area contributed by atoms with Gasteiger partial charge in [0, 0.05) is 18.9 Å². The highest BCUT2D eigenvalue weighted by Gasteiger charge is 2.37. The van der Waals surface area contributed by atoms with Crippen molar-refractivity contribution in [3.05, 3.63) is 12.4 Å². The van der Waals surface area contributed by atoms with E-state index >= 15 is 0 Å². The van der Waals surface area contributed by atoms with Gasteiger partial charge in [0.05, 0.1) is 5.75 Å². The van der Waals surface area contributed by atoms with E-state index in [0.29, 0.717) is 5.41 Å². The minimum Gasteiger partial charge on any atom is -0.481 e. The molecule has 15 heavy (non-hydrogen) atoms. The maximum absolute atomic E-state index is 10.4. The molecule has 0 amide bonds. The molecule has 1 saturated carbocycles. The van der Waals surface area contributed by atoms with Crippen molar-refractivity contribution in [1.29, 1.82) is 0 Å². The molecular formula is C10H14N2O2S. The van der Waals surface area contributed by atoms with Gasteiger partial charge in [-0.25, -0.2) is 4.98 Å². The summed E-state index contributed by atoms with van der Waals surface area (Å²) >= 11 is 1.28. The first kappa shape index (κ1) is 10.5. The third-order valence-electron chi connectivity index (χ3n) is 2.66. The van der Waals surface area contributed by atoms with Crippen LogP contribution in [0.25, 0.3) is 0 Å². The van der Waals surface area contributed by atoms with Gasteiger partial charge in [-0.15, -0.1) is 0 Å². The SMILES string of the molecule is CC1(Cn2ccnc2SCC(=O)O)CC1. The summed E-state index contributed by atoms with van der Waals surface area (Å²) in [5, 5.41) is 9.40. The Kier molecular flexibility index (Phi) is 2.73. The zero-order chi connectivity index (χ0) is 10.9. The lowest BCUT2D eigenvalue weighted by Gasteiger charge is -2.11. The molecule has 0 unspecified atom stereocenters. The molecule has 1 heterocycles. The molecule has 1 aliphatic carbocycles. The summed E-state index contributed by atoms with van der Waals surface area (Å²) in [5.74, 6) is -0.722. The number of thioether (sulfide) groups is 1. The maximum atomic E-state index is 10.4. The van der Waals surface area contributed by atoms with Gasteiger partial charge in [-0.2, -0.15) is 0 Å². The predicted molar refractivity (Wildman–Crippen MR) is 57.9 cm³/mol. The number of carboxylic acid groups (broad SMARTS) is 1. The molecule has 1 aromatic heterocycles. The Balaban J connectivity index is 1.98. The third-order valence-corrected chi connectivity index (χ3v) is 3.65. The van der Waals surface area contributed by atoms with Crippen LogP contribution >= 0.6 is 11.8 Å². The normalized spacial score (nSPS) is 17.7.